The first kappa shape index (κ1) is 9.69. The highest BCUT2D eigenvalue weighted by molar-refractivity contribution is 7.79. The Hall–Kier alpha value is -0.310. The maximum atomic E-state index is 8.92. The smallest absolute Gasteiger partial charge is 0.256 e. The van der Waals surface area contributed by atoms with E-state index in [9.17, 15) is 0 Å². The molecule has 2 nitrogen and oxygen atoms in total. The van der Waals surface area contributed by atoms with Crippen LogP contribution in [0.4, 0.5) is 0 Å². The van der Waals surface area contributed by atoms with Crippen LogP contribution < -0.4 is 0 Å². The Balaban J connectivity index is 3.72. The van der Waals surface area contributed by atoms with Crippen molar-refractivity contribution in [2.75, 3.05) is 13.1 Å². The van der Waals surface area contributed by atoms with E-state index in [0.717, 1.165) is 13.1 Å². The Kier molecular flexibility index (Phi) is 4.36. The molecule has 0 atom stereocenters. The van der Waals surface area contributed by atoms with Crippen LogP contribution in [-0.2, 0) is 0 Å². The van der Waals surface area contributed by atoms with Crippen LogP contribution in [0.1, 0.15) is 20.8 Å². The van der Waals surface area contributed by atoms with Gasteiger partial charge in [-0.05, 0) is 25.1 Å². The van der Waals surface area contributed by atoms with E-state index in [1.54, 1.807) is 4.90 Å². The molecule has 0 aliphatic heterocycles. The Bertz CT molecular complexity index is 114. The van der Waals surface area contributed by atoms with E-state index in [1.807, 2.05) is 6.92 Å². The maximum Gasteiger partial charge on any atom is 0.256 e. The zero-order chi connectivity index (χ0) is 8.15. The lowest BCUT2D eigenvalue weighted by Gasteiger charge is -2.21. The summed E-state index contributed by atoms with van der Waals surface area (Å²) < 4.78 is 0. The van der Waals surface area contributed by atoms with E-state index in [4.69, 9.17) is 5.11 Å². The lowest BCUT2D eigenvalue weighted by atomic mass is 10.2. The molecule has 0 unspecified atom stereocenters. The van der Waals surface area contributed by atoms with Gasteiger partial charge in [0.15, 0.2) is 0 Å². The van der Waals surface area contributed by atoms with Gasteiger partial charge < -0.3 is 10.0 Å². The highest BCUT2D eigenvalue weighted by atomic mass is 32.1. The molecule has 0 spiro atoms. The normalized spacial score (nSPS) is 10.0. The van der Waals surface area contributed by atoms with E-state index in [0.29, 0.717) is 5.92 Å². The fourth-order valence-electron chi connectivity index (χ4n) is 0.783. The largest absolute Gasteiger partial charge is 0.487 e. The zero-order valence-electron chi connectivity index (χ0n) is 6.79. The molecular formula is C7H15NOS. The molecule has 0 bridgehead atoms. The summed E-state index contributed by atoms with van der Waals surface area (Å²) in [4.78, 5) is 1.78. The standard InChI is InChI=1S/C7H15NOS/c1-4-8(7(9)10)5-6(2)3/h6H,4-5H2,1-3H3,(H,9,10). The molecule has 60 valence electrons. The molecular weight excluding hydrogens is 146 g/mol. The number of nitrogens with zero attached hydrogens (tertiary/aromatic N) is 1. The summed E-state index contributed by atoms with van der Waals surface area (Å²) in [6.45, 7) is 7.80. The fourth-order valence-corrected chi connectivity index (χ4v) is 0.987. The molecule has 0 heterocycles. The van der Waals surface area contributed by atoms with Gasteiger partial charge in [0.1, 0.15) is 0 Å². The van der Waals surface area contributed by atoms with Crippen molar-refractivity contribution < 1.29 is 5.11 Å². The molecule has 0 aliphatic rings. The van der Waals surface area contributed by atoms with Crippen LogP contribution in [0, 0.1) is 5.92 Å². The first-order valence-corrected chi connectivity index (χ1v) is 3.96. The van der Waals surface area contributed by atoms with Crippen molar-refractivity contribution in [3.63, 3.8) is 0 Å². The van der Waals surface area contributed by atoms with Gasteiger partial charge in [0, 0.05) is 13.1 Å². The molecule has 3 heteroatoms. The minimum absolute atomic E-state index is 0.0104. The molecule has 0 aromatic carbocycles. The first-order valence-electron chi connectivity index (χ1n) is 3.55. The van der Waals surface area contributed by atoms with E-state index < -0.39 is 0 Å². The number of aliphatic hydroxyl groups excluding tert-OH is 1. The van der Waals surface area contributed by atoms with Crippen LogP contribution in [-0.4, -0.2) is 28.3 Å². The minimum Gasteiger partial charge on any atom is -0.487 e. The number of hydrogen-bond acceptors (Lipinski definition) is 1. The van der Waals surface area contributed by atoms with E-state index in [1.165, 1.54) is 0 Å². The van der Waals surface area contributed by atoms with Crippen LogP contribution in [0.2, 0.25) is 0 Å². The molecule has 0 aromatic rings. The molecule has 0 rings (SSSR count). The summed E-state index contributed by atoms with van der Waals surface area (Å²) in [5, 5.41) is 8.93. The van der Waals surface area contributed by atoms with Crippen molar-refractivity contribution >= 4 is 17.4 Å². The van der Waals surface area contributed by atoms with E-state index in [2.05, 4.69) is 26.1 Å². The van der Waals surface area contributed by atoms with Gasteiger partial charge in [-0.1, -0.05) is 13.8 Å². The summed E-state index contributed by atoms with van der Waals surface area (Å²) in [5.74, 6) is 0.546. The molecule has 0 amide bonds. The zero-order valence-corrected chi connectivity index (χ0v) is 7.61. The average molecular weight is 161 g/mol. The predicted molar refractivity (Wildman–Crippen MR) is 47.3 cm³/mol. The van der Waals surface area contributed by atoms with Crippen molar-refractivity contribution in [3.05, 3.63) is 0 Å². The molecule has 0 saturated heterocycles. The molecule has 10 heavy (non-hydrogen) atoms. The van der Waals surface area contributed by atoms with E-state index in [-0.39, 0.29) is 5.17 Å². The lowest BCUT2D eigenvalue weighted by molar-refractivity contribution is 0.323. The number of rotatable bonds is 3. The van der Waals surface area contributed by atoms with Gasteiger partial charge >= 0.3 is 0 Å². The molecule has 0 saturated carbocycles. The quantitative estimate of drug-likeness (QED) is 0.638. The predicted octanol–water partition coefficient (Wildman–Crippen LogP) is 1.81. The van der Waals surface area contributed by atoms with Gasteiger partial charge in [-0.2, -0.15) is 0 Å². The van der Waals surface area contributed by atoms with Crippen molar-refractivity contribution in [1.82, 2.24) is 4.90 Å². The lowest BCUT2D eigenvalue weighted by Crippen LogP contribution is -2.32. The van der Waals surface area contributed by atoms with Crippen LogP contribution in [0.5, 0.6) is 0 Å². The summed E-state index contributed by atoms with van der Waals surface area (Å²) >= 11 is 4.62. The monoisotopic (exact) mass is 161 g/mol. The summed E-state index contributed by atoms with van der Waals surface area (Å²) in [6.07, 6.45) is 0. The van der Waals surface area contributed by atoms with Gasteiger partial charge in [0.05, 0.1) is 0 Å². The Morgan fingerprint density at radius 1 is 1.60 bits per heavy atom. The summed E-state index contributed by atoms with van der Waals surface area (Å²) in [6, 6.07) is 0. The van der Waals surface area contributed by atoms with Gasteiger partial charge in [0.25, 0.3) is 5.17 Å². The molecule has 1 N–H and O–H groups in total. The Morgan fingerprint density at radius 2 is 2.10 bits per heavy atom. The number of aliphatic hydroxyl groups is 1. The summed E-state index contributed by atoms with van der Waals surface area (Å²) in [5.41, 5.74) is 0. The molecule has 0 aliphatic carbocycles. The van der Waals surface area contributed by atoms with Gasteiger partial charge in [-0.25, -0.2) is 0 Å². The van der Waals surface area contributed by atoms with Gasteiger partial charge in [-0.3, -0.25) is 0 Å². The number of hydrogen-bond donors (Lipinski definition) is 1. The van der Waals surface area contributed by atoms with Gasteiger partial charge in [0.2, 0.25) is 0 Å². The molecule has 0 aromatic heterocycles. The van der Waals surface area contributed by atoms with Crippen molar-refractivity contribution in [2.45, 2.75) is 20.8 Å². The first-order chi connectivity index (χ1) is 4.57. The third-order valence-corrected chi connectivity index (χ3v) is 1.50. The van der Waals surface area contributed by atoms with Crippen molar-refractivity contribution in [1.29, 1.82) is 0 Å². The van der Waals surface area contributed by atoms with Crippen LogP contribution in [0.15, 0.2) is 0 Å². The van der Waals surface area contributed by atoms with Gasteiger partial charge in [-0.15, -0.1) is 0 Å². The second kappa shape index (κ2) is 4.50. The average Bonchev–Trinajstić information content (AvgIpc) is 1.81. The third kappa shape index (κ3) is 3.67. The SMILES string of the molecule is CCN(CC(C)C)C(O)=S. The van der Waals surface area contributed by atoms with Crippen molar-refractivity contribution in [2.24, 2.45) is 5.92 Å². The third-order valence-electron chi connectivity index (χ3n) is 1.24. The second-order valence-corrected chi connectivity index (χ2v) is 3.08. The Labute approximate surface area is 67.8 Å². The summed E-state index contributed by atoms with van der Waals surface area (Å²) in [7, 11) is 0. The second-order valence-electron chi connectivity index (χ2n) is 2.72. The molecule has 0 radical (unpaired) electrons. The highest BCUT2D eigenvalue weighted by Crippen LogP contribution is 1.98. The highest BCUT2D eigenvalue weighted by Gasteiger charge is 2.05. The van der Waals surface area contributed by atoms with Crippen LogP contribution in [0.25, 0.3) is 0 Å². The van der Waals surface area contributed by atoms with Crippen LogP contribution in [0.3, 0.4) is 0 Å². The van der Waals surface area contributed by atoms with Crippen molar-refractivity contribution in [3.8, 4) is 0 Å². The maximum absolute atomic E-state index is 8.92. The Morgan fingerprint density at radius 3 is 2.20 bits per heavy atom. The minimum atomic E-state index is 0.0104. The molecule has 0 fully saturated rings. The topological polar surface area (TPSA) is 23.5 Å². The van der Waals surface area contributed by atoms with Crippen LogP contribution >= 0.6 is 12.2 Å². The van der Waals surface area contributed by atoms with E-state index >= 15 is 0 Å². The fraction of sp³-hybridized carbons (Fsp3) is 0.857. The number of thiocarbonyl (C=S) groups is 1.